The Morgan fingerprint density at radius 1 is 0.536 bits per heavy atom. The third kappa shape index (κ3) is 1.71. The van der Waals surface area contributed by atoms with E-state index >= 15 is 0 Å². The second-order valence-corrected chi connectivity index (χ2v) is 8.48. The summed E-state index contributed by atoms with van der Waals surface area (Å²) in [4.78, 5) is 3.76. The quantitative estimate of drug-likeness (QED) is 0.277. The zero-order chi connectivity index (χ0) is 18.2. The first kappa shape index (κ1) is 14.7. The standard InChI is InChI=1S/C26H15NS/c1-2-8-16-15(7-1)13-14-20-23(16)24-25(27-20)18-10-4-3-9-17(18)22-19-11-5-6-12-21(19)28-26(22)24/h1-14,27H. The minimum absolute atomic E-state index is 1.21. The zero-order valence-corrected chi connectivity index (χ0v) is 15.8. The number of hydrogen-bond acceptors (Lipinski definition) is 1. The average Bonchev–Trinajstić information content (AvgIpc) is 3.33. The Bertz CT molecular complexity index is 1720. The molecular formula is C26H15NS. The number of nitrogens with one attached hydrogen (secondary N) is 1. The first-order chi connectivity index (χ1) is 13.9. The highest BCUT2D eigenvalue weighted by Gasteiger charge is 2.18. The number of hydrogen-bond donors (Lipinski definition) is 1. The lowest BCUT2D eigenvalue weighted by atomic mass is 9.98. The lowest BCUT2D eigenvalue weighted by Crippen LogP contribution is -1.78. The van der Waals surface area contributed by atoms with Crippen LogP contribution >= 0.6 is 11.3 Å². The summed E-state index contributed by atoms with van der Waals surface area (Å²) in [5.41, 5.74) is 2.46. The van der Waals surface area contributed by atoms with Gasteiger partial charge in [0.25, 0.3) is 0 Å². The van der Waals surface area contributed by atoms with Crippen LogP contribution in [0.5, 0.6) is 0 Å². The van der Waals surface area contributed by atoms with Gasteiger partial charge in [-0.05, 0) is 28.3 Å². The maximum absolute atomic E-state index is 3.76. The summed E-state index contributed by atoms with van der Waals surface area (Å²) in [5.74, 6) is 0. The van der Waals surface area contributed by atoms with E-state index in [-0.39, 0.29) is 0 Å². The molecule has 0 atom stereocenters. The Balaban J connectivity index is 1.92. The number of rotatable bonds is 0. The molecule has 28 heavy (non-hydrogen) atoms. The zero-order valence-electron chi connectivity index (χ0n) is 15.0. The van der Waals surface area contributed by atoms with Crippen LogP contribution in [0.4, 0.5) is 0 Å². The Morgan fingerprint density at radius 2 is 1.25 bits per heavy atom. The fraction of sp³-hybridized carbons (Fsp3) is 0. The summed E-state index contributed by atoms with van der Waals surface area (Å²) >= 11 is 1.91. The van der Waals surface area contributed by atoms with Gasteiger partial charge in [0.1, 0.15) is 0 Å². The average molecular weight is 373 g/mol. The van der Waals surface area contributed by atoms with Crippen LogP contribution in [0.15, 0.2) is 84.9 Å². The van der Waals surface area contributed by atoms with Crippen molar-refractivity contribution in [2.45, 2.75) is 0 Å². The highest BCUT2D eigenvalue weighted by atomic mass is 32.1. The molecule has 0 spiro atoms. The normalized spacial score (nSPS) is 12.3. The van der Waals surface area contributed by atoms with Crippen LogP contribution in [-0.4, -0.2) is 4.98 Å². The Kier molecular flexibility index (Phi) is 2.68. The van der Waals surface area contributed by atoms with Crippen molar-refractivity contribution in [1.82, 2.24) is 4.98 Å². The maximum atomic E-state index is 3.76. The number of aromatic nitrogens is 1. The van der Waals surface area contributed by atoms with E-state index in [1.54, 1.807) is 0 Å². The summed E-state index contributed by atoms with van der Waals surface area (Å²) < 4.78 is 2.74. The van der Waals surface area contributed by atoms with Crippen molar-refractivity contribution in [1.29, 1.82) is 0 Å². The Morgan fingerprint density at radius 3 is 2.14 bits per heavy atom. The molecular weight excluding hydrogens is 358 g/mol. The van der Waals surface area contributed by atoms with Crippen molar-refractivity contribution in [2.24, 2.45) is 0 Å². The highest BCUT2D eigenvalue weighted by molar-refractivity contribution is 7.27. The van der Waals surface area contributed by atoms with E-state index in [0.29, 0.717) is 0 Å². The van der Waals surface area contributed by atoms with Gasteiger partial charge in [0, 0.05) is 41.8 Å². The molecule has 0 saturated carbocycles. The van der Waals surface area contributed by atoms with Gasteiger partial charge in [-0.2, -0.15) is 0 Å². The molecule has 0 bridgehead atoms. The number of aromatic amines is 1. The summed E-state index contributed by atoms with van der Waals surface area (Å²) in [6.45, 7) is 0. The fourth-order valence-corrected chi connectivity index (χ4v) is 6.08. The maximum Gasteiger partial charge on any atom is 0.0559 e. The minimum Gasteiger partial charge on any atom is -0.354 e. The predicted octanol–water partition coefficient (Wildman–Crippen LogP) is 8.00. The third-order valence-electron chi connectivity index (χ3n) is 5.98. The lowest BCUT2D eigenvalue weighted by Gasteiger charge is -2.05. The molecule has 130 valence electrons. The largest absolute Gasteiger partial charge is 0.354 e. The molecule has 2 heterocycles. The summed E-state index contributed by atoms with van der Waals surface area (Å²) in [6.07, 6.45) is 0. The number of H-pyrrole nitrogens is 1. The van der Waals surface area contributed by atoms with E-state index in [2.05, 4.69) is 89.9 Å². The van der Waals surface area contributed by atoms with E-state index in [9.17, 15) is 0 Å². The van der Waals surface area contributed by atoms with Crippen LogP contribution in [0.2, 0.25) is 0 Å². The molecule has 0 amide bonds. The molecule has 0 unspecified atom stereocenters. The highest BCUT2D eigenvalue weighted by Crippen LogP contribution is 2.47. The van der Waals surface area contributed by atoms with E-state index in [0.717, 1.165) is 0 Å². The molecule has 0 saturated heterocycles. The second kappa shape index (κ2) is 5.12. The molecule has 7 aromatic rings. The van der Waals surface area contributed by atoms with E-state index in [4.69, 9.17) is 0 Å². The number of thiophene rings is 1. The molecule has 0 aliphatic rings. The van der Waals surface area contributed by atoms with Crippen molar-refractivity contribution < 1.29 is 0 Å². The SMILES string of the molecule is c1ccc2c(c1)ccc1[nH]c3c4ccccc4c4c5ccccc5sc4c3c12. The van der Waals surface area contributed by atoms with Crippen LogP contribution in [0.1, 0.15) is 0 Å². The molecule has 0 fully saturated rings. The van der Waals surface area contributed by atoms with Gasteiger partial charge in [0.2, 0.25) is 0 Å². The lowest BCUT2D eigenvalue weighted by molar-refractivity contribution is 1.57. The van der Waals surface area contributed by atoms with Gasteiger partial charge in [-0.25, -0.2) is 0 Å². The monoisotopic (exact) mass is 373 g/mol. The van der Waals surface area contributed by atoms with Crippen molar-refractivity contribution >= 4 is 74.9 Å². The molecule has 7 rings (SSSR count). The number of benzene rings is 5. The van der Waals surface area contributed by atoms with Crippen LogP contribution in [0, 0.1) is 0 Å². The van der Waals surface area contributed by atoms with Crippen LogP contribution in [-0.2, 0) is 0 Å². The summed E-state index contributed by atoms with van der Waals surface area (Å²) in [5, 5.41) is 10.7. The molecule has 5 aromatic carbocycles. The predicted molar refractivity (Wildman–Crippen MR) is 124 cm³/mol. The van der Waals surface area contributed by atoms with E-state index in [1.807, 2.05) is 11.3 Å². The summed E-state index contributed by atoms with van der Waals surface area (Å²) in [7, 11) is 0. The third-order valence-corrected chi connectivity index (χ3v) is 7.17. The molecule has 2 heteroatoms. The molecule has 0 aliphatic heterocycles. The molecule has 1 nitrogen and oxygen atoms in total. The van der Waals surface area contributed by atoms with Gasteiger partial charge in [-0.15, -0.1) is 11.3 Å². The van der Waals surface area contributed by atoms with Gasteiger partial charge in [0.15, 0.2) is 0 Å². The van der Waals surface area contributed by atoms with E-state index < -0.39 is 0 Å². The van der Waals surface area contributed by atoms with Gasteiger partial charge in [0.05, 0.1) is 5.52 Å². The molecule has 1 N–H and O–H groups in total. The van der Waals surface area contributed by atoms with Crippen molar-refractivity contribution in [3.8, 4) is 0 Å². The van der Waals surface area contributed by atoms with Crippen molar-refractivity contribution in [3.05, 3.63) is 84.9 Å². The van der Waals surface area contributed by atoms with Crippen LogP contribution in [0.25, 0.3) is 63.5 Å². The smallest absolute Gasteiger partial charge is 0.0559 e. The summed E-state index contributed by atoms with van der Waals surface area (Å²) in [6, 6.07) is 30.8. The number of fused-ring (bicyclic) bond motifs is 12. The van der Waals surface area contributed by atoms with Crippen molar-refractivity contribution in [3.63, 3.8) is 0 Å². The fourth-order valence-electron chi connectivity index (χ4n) is 4.80. The Labute approximate surface area is 164 Å². The second-order valence-electron chi connectivity index (χ2n) is 7.43. The van der Waals surface area contributed by atoms with Crippen molar-refractivity contribution in [2.75, 3.05) is 0 Å². The van der Waals surface area contributed by atoms with E-state index in [1.165, 1.54) is 63.5 Å². The van der Waals surface area contributed by atoms with Gasteiger partial charge >= 0.3 is 0 Å². The topological polar surface area (TPSA) is 15.8 Å². The molecule has 0 aliphatic carbocycles. The van der Waals surface area contributed by atoms with Crippen LogP contribution in [0.3, 0.4) is 0 Å². The first-order valence-corrected chi connectivity index (χ1v) is 10.4. The van der Waals surface area contributed by atoms with Crippen LogP contribution < -0.4 is 0 Å². The Hall–Kier alpha value is -3.36. The van der Waals surface area contributed by atoms with Gasteiger partial charge in [-0.1, -0.05) is 72.8 Å². The van der Waals surface area contributed by atoms with Gasteiger partial charge in [-0.3, -0.25) is 0 Å². The molecule has 0 radical (unpaired) electrons. The molecule has 2 aromatic heterocycles. The van der Waals surface area contributed by atoms with Gasteiger partial charge < -0.3 is 4.98 Å². The first-order valence-electron chi connectivity index (χ1n) is 9.55. The minimum atomic E-state index is 1.21.